The lowest BCUT2D eigenvalue weighted by Gasteiger charge is -2.59. The first-order valence-electron chi connectivity index (χ1n) is 9.65. The predicted molar refractivity (Wildman–Crippen MR) is 96.7 cm³/mol. The Morgan fingerprint density at radius 3 is 2.25 bits per heavy atom. The van der Waals surface area contributed by atoms with E-state index in [2.05, 4.69) is 41.5 Å². The standard InChI is InChI=1S/C21H30N2O/c1-23(15-20(24)22-8-7-16-5-3-2-4-6-16)21-12-17-9-18(13-21)11-19(10-17)14-21/h2-6,17-19H,7-15H2,1H3,(H,22,24). The maximum absolute atomic E-state index is 12.4. The van der Waals surface area contributed by atoms with E-state index in [0.29, 0.717) is 12.1 Å². The van der Waals surface area contributed by atoms with Crippen LogP contribution in [0.15, 0.2) is 30.3 Å². The molecule has 3 heteroatoms. The van der Waals surface area contributed by atoms with Gasteiger partial charge in [-0.2, -0.15) is 0 Å². The van der Waals surface area contributed by atoms with Gasteiger partial charge in [-0.05, 0) is 75.3 Å². The molecule has 1 aromatic rings. The molecule has 1 amide bonds. The summed E-state index contributed by atoms with van der Waals surface area (Å²) in [6.07, 6.45) is 9.25. The lowest BCUT2D eigenvalue weighted by atomic mass is 9.52. The average molecular weight is 326 g/mol. The third kappa shape index (κ3) is 3.23. The zero-order chi connectivity index (χ0) is 16.6. The van der Waals surface area contributed by atoms with Gasteiger partial charge in [0.1, 0.15) is 0 Å². The van der Waals surface area contributed by atoms with Gasteiger partial charge in [0.15, 0.2) is 0 Å². The Morgan fingerprint density at radius 2 is 1.67 bits per heavy atom. The molecule has 5 rings (SSSR count). The fourth-order valence-electron chi connectivity index (χ4n) is 5.96. The highest BCUT2D eigenvalue weighted by Crippen LogP contribution is 2.57. The molecule has 0 aromatic heterocycles. The van der Waals surface area contributed by atoms with Crippen LogP contribution in [0, 0.1) is 17.8 Å². The molecule has 0 heterocycles. The topological polar surface area (TPSA) is 32.3 Å². The summed E-state index contributed by atoms with van der Waals surface area (Å²) in [4.78, 5) is 14.8. The van der Waals surface area contributed by atoms with Crippen molar-refractivity contribution < 1.29 is 4.79 Å². The molecule has 0 aliphatic heterocycles. The summed E-state index contributed by atoms with van der Waals surface area (Å²) < 4.78 is 0. The van der Waals surface area contributed by atoms with Crippen molar-refractivity contribution in [2.24, 2.45) is 17.8 Å². The lowest BCUT2D eigenvalue weighted by molar-refractivity contribution is -0.128. The minimum absolute atomic E-state index is 0.184. The van der Waals surface area contributed by atoms with Crippen molar-refractivity contribution in [3.8, 4) is 0 Å². The van der Waals surface area contributed by atoms with Crippen LogP contribution in [0.2, 0.25) is 0 Å². The Hall–Kier alpha value is -1.35. The summed E-state index contributed by atoms with van der Waals surface area (Å²) in [7, 11) is 2.18. The van der Waals surface area contributed by atoms with Crippen LogP contribution in [-0.4, -0.2) is 36.5 Å². The van der Waals surface area contributed by atoms with Gasteiger partial charge in [-0.25, -0.2) is 0 Å². The molecule has 4 aliphatic rings. The van der Waals surface area contributed by atoms with E-state index in [9.17, 15) is 4.79 Å². The Labute approximate surface area is 145 Å². The molecular weight excluding hydrogens is 296 g/mol. The van der Waals surface area contributed by atoms with Crippen LogP contribution in [0.3, 0.4) is 0 Å². The molecule has 4 saturated carbocycles. The quantitative estimate of drug-likeness (QED) is 0.870. The average Bonchev–Trinajstić information content (AvgIpc) is 2.54. The number of hydrogen-bond acceptors (Lipinski definition) is 2. The number of carbonyl (C=O) groups excluding carboxylic acids is 1. The SMILES string of the molecule is CN(CC(=O)NCCc1ccccc1)C12CC3CC(CC(C3)C1)C2. The molecule has 0 saturated heterocycles. The van der Waals surface area contributed by atoms with Gasteiger partial charge < -0.3 is 5.32 Å². The van der Waals surface area contributed by atoms with Gasteiger partial charge in [0.25, 0.3) is 0 Å². The number of nitrogens with zero attached hydrogens (tertiary/aromatic N) is 1. The second-order valence-electron chi connectivity index (χ2n) is 8.58. The van der Waals surface area contributed by atoms with Crippen LogP contribution < -0.4 is 5.32 Å². The summed E-state index contributed by atoms with van der Waals surface area (Å²) in [5, 5.41) is 3.11. The maximum Gasteiger partial charge on any atom is 0.234 e. The van der Waals surface area contributed by atoms with Crippen molar-refractivity contribution in [3.05, 3.63) is 35.9 Å². The predicted octanol–water partition coefficient (Wildman–Crippen LogP) is 3.25. The van der Waals surface area contributed by atoms with E-state index in [1.165, 1.54) is 44.1 Å². The Kier molecular flexibility index (Phi) is 4.38. The van der Waals surface area contributed by atoms with Crippen molar-refractivity contribution in [2.45, 2.75) is 50.5 Å². The van der Waals surface area contributed by atoms with Crippen LogP contribution in [0.4, 0.5) is 0 Å². The molecule has 0 atom stereocenters. The number of carbonyl (C=O) groups is 1. The van der Waals surface area contributed by atoms with E-state index in [-0.39, 0.29) is 5.91 Å². The lowest BCUT2D eigenvalue weighted by Crippen LogP contribution is -2.60. The zero-order valence-corrected chi connectivity index (χ0v) is 14.8. The number of likely N-dealkylation sites (N-methyl/N-ethyl adjacent to an activating group) is 1. The smallest absolute Gasteiger partial charge is 0.234 e. The summed E-state index contributed by atoms with van der Waals surface area (Å²) >= 11 is 0. The van der Waals surface area contributed by atoms with Gasteiger partial charge in [-0.15, -0.1) is 0 Å². The largest absolute Gasteiger partial charge is 0.355 e. The highest BCUT2D eigenvalue weighted by atomic mass is 16.2. The van der Waals surface area contributed by atoms with Crippen molar-refractivity contribution in [2.75, 3.05) is 20.1 Å². The van der Waals surface area contributed by atoms with E-state index in [4.69, 9.17) is 0 Å². The van der Waals surface area contributed by atoms with Crippen molar-refractivity contribution in [1.82, 2.24) is 10.2 Å². The zero-order valence-electron chi connectivity index (χ0n) is 14.8. The molecule has 0 unspecified atom stereocenters. The van der Waals surface area contributed by atoms with E-state index < -0.39 is 0 Å². The third-order valence-corrected chi connectivity index (χ3v) is 6.78. The summed E-state index contributed by atoms with van der Waals surface area (Å²) in [5.74, 6) is 2.98. The highest BCUT2D eigenvalue weighted by Gasteiger charge is 2.52. The molecule has 4 bridgehead atoms. The Bertz CT molecular complexity index is 547. The van der Waals surface area contributed by atoms with Crippen molar-refractivity contribution in [3.63, 3.8) is 0 Å². The number of amides is 1. The van der Waals surface area contributed by atoms with Crippen molar-refractivity contribution >= 4 is 5.91 Å². The highest BCUT2D eigenvalue weighted by molar-refractivity contribution is 5.78. The van der Waals surface area contributed by atoms with E-state index in [0.717, 1.165) is 30.7 Å². The molecule has 3 nitrogen and oxygen atoms in total. The van der Waals surface area contributed by atoms with Crippen molar-refractivity contribution in [1.29, 1.82) is 0 Å². The monoisotopic (exact) mass is 326 g/mol. The first-order chi connectivity index (χ1) is 11.6. The molecule has 1 aromatic carbocycles. The Balaban J connectivity index is 1.28. The van der Waals surface area contributed by atoms with Gasteiger partial charge in [0.05, 0.1) is 6.54 Å². The van der Waals surface area contributed by atoms with Gasteiger partial charge in [0.2, 0.25) is 5.91 Å². The van der Waals surface area contributed by atoms with Gasteiger partial charge in [-0.1, -0.05) is 30.3 Å². The third-order valence-electron chi connectivity index (χ3n) is 6.78. The minimum atomic E-state index is 0.184. The second-order valence-corrected chi connectivity index (χ2v) is 8.58. The molecule has 130 valence electrons. The molecule has 1 N–H and O–H groups in total. The van der Waals surface area contributed by atoms with E-state index in [1.54, 1.807) is 0 Å². The normalized spacial score (nSPS) is 33.8. The molecular formula is C21H30N2O. The van der Waals surface area contributed by atoms with Crippen LogP contribution in [0.5, 0.6) is 0 Å². The van der Waals surface area contributed by atoms with E-state index >= 15 is 0 Å². The van der Waals surface area contributed by atoms with Crippen LogP contribution in [0.25, 0.3) is 0 Å². The fraction of sp³-hybridized carbons (Fsp3) is 0.667. The first-order valence-corrected chi connectivity index (χ1v) is 9.65. The number of rotatable bonds is 6. The molecule has 0 radical (unpaired) electrons. The summed E-state index contributed by atoms with van der Waals surface area (Å²) in [6.45, 7) is 1.29. The minimum Gasteiger partial charge on any atom is -0.355 e. The first kappa shape index (κ1) is 16.1. The molecule has 24 heavy (non-hydrogen) atoms. The Morgan fingerprint density at radius 1 is 1.08 bits per heavy atom. The second kappa shape index (κ2) is 6.51. The molecule has 4 aliphatic carbocycles. The van der Waals surface area contributed by atoms with Gasteiger partial charge in [-0.3, -0.25) is 9.69 Å². The van der Waals surface area contributed by atoms with Crippen LogP contribution >= 0.6 is 0 Å². The number of nitrogens with one attached hydrogen (secondary N) is 1. The van der Waals surface area contributed by atoms with Gasteiger partial charge in [0, 0.05) is 12.1 Å². The van der Waals surface area contributed by atoms with E-state index in [1.807, 2.05) is 6.07 Å². The fourth-order valence-corrected chi connectivity index (χ4v) is 5.96. The molecule has 0 spiro atoms. The summed E-state index contributed by atoms with van der Waals surface area (Å²) in [6, 6.07) is 10.4. The maximum atomic E-state index is 12.4. The number of benzene rings is 1. The van der Waals surface area contributed by atoms with Gasteiger partial charge >= 0.3 is 0 Å². The molecule has 4 fully saturated rings. The number of hydrogen-bond donors (Lipinski definition) is 1. The van der Waals surface area contributed by atoms with Crippen LogP contribution in [-0.2, 0) is 11.2 Å². The van der Waals surface area contributed by atoms with Crippen LogP contribution in [0.1, 0.15) is 44.1 Å². The summed E-state index contributed by atoms with van der Waals surface area (Å²) in [5.41, 5.74) is 1.61.